The summed E-state index contributed by atoms with van der Waals surface area (Å²) in [7, 11) is 0. The molecule has 0 radical (unpaired) electrons. The van der Waals surface area contributed by atoms with Gasteiger partial charge in [-0.25, -0.2) is 22.6 Å². The van der Waals surface area contributed by atoms with Crippen molar-refractivity contribution in [2.24, 2.45) is 0 Å². The van der Waals surface area contributed by atoms with Gasteiger partial charge in [-0.3, -0.25) is 4.79 Å². The van der Waals surface area contributed by atoms with Gasteiger partial charge in [0.25, 0.3) is 11.8 Å². The van der Waals surface area contributed by atoms with E-state index in [-0.39, 0.29) is 24.7 Å². The number of amides is 3. The zero-order chi connectivity index (χ0) is 22.0. The number of nitrogens with zero attached hydrogens (tertiary/aromatic N) is 5. The number of likely N-dealkylation sites (tertiary alicyclic amines) is 2. The summed E-state index contributed by atoms with van der Waals surface area (Å²) in [4.78, 5) is 27.7. The predicted molar refractivity (Wildman–Crippen MR) is 104 cm³/mol. The van der Waals surface area contributed by atoms with Crippen molar-refractivity contribution in [3.8, 4) is 0 Å². The van der Waals surface area contributed by atoms with Crippen molar-refractivity contribution in [3.05, 3.63) is 47.5 Å². The Hall–Kier alpha value is -3.11. The zero-order valence-corrected chi connectivity index (χ0v) is 16.8. The summed E-state index contributed by atoms with van der Waals surface area (Å²) >= 11 is 0. The lowest BCUT2D eigenvalue weighted by molar-refractivity contribution is 0.0145. The van der Waals surface area contributed by atoms with Crippen LogP contribution in [0.5, 0.6) is 0 Å². The predicted octanol–water partition coefficient (Wildman–Crippen LogP) is 2.27. The fourth-order valence-electron chi connectivity index (χ4n) is 3.96. The van der Waals surface area contributed by atoms with Crippen LogP contribution >= 0.6 is 0 Å². The summed E-state index contributed by atoms with van der Waals surface area (Å²) < 4.78 is 42.5. The van der Waals surface area contributed by atoms with E-state index in [4.69, 9.17) is 0 Å². The Labute approximate surface area is 177 Å². The molecule has 4 rings (SSSR count). The minimum absolute atomic E-state index is 0.000160. The van der Waals surface area contributed by atoms with Crippen LogP contribution < -0.4 is 5.32 Å². The first-order chi connectivity index (χ1) is 14.8. The molecule has 1 atom stereocenters. The summed E-state index contributed by atoms with van der Waals surface area (Å²) in [5.74, 6) is -3.65. The zero-order valence-electron chi connectivity index (χ0n) is 16.8. The van der Waals surface area contributed by atoms with Crippen molar-refractivity contribution in [2.75, 3.05) is 19.6 Å². The normalized spacial score (nSPS) is 20.3. The molecule has 0 spiro atoms. The molecule has 3 heterocycles. The summed E-state index contributed by atoms with van der Waals surface area (Å²) in [6.07, 6.45) is 2.82. The fraction of sp³-hybridized carbons (Fsp3) is 0.500. The number of benzene rings is 1. The minimum Gasteiger partial charge on any atom is -0.337 e. The molecule has 1 N–H and O–H groups in total. The number of halogens is 3. The maximum atomic E-state index is 14.1. The molecule has 166 valence electrons. The molecule has 0 aliphatic carbocycles. The maximum Gasteiger partial charge on any atom is 0.318 e. The van der Waals surface area contributed by atoms with Crippen LogP contribution in [-0.2, 0) is 13.1 Å². The van der Waals surface area contributed by atoms with Gasteiger partial charge in [0.1, 0.15) is 5.82 Å². The van der Waals surface area contributed by atoms with Crippen LogP contribution in [0.2, 0.25) is 0 Å². The molecule has 2 fully saturated rings. The number of rotatable bonds is 5. The maximum absolute atomic E-state index is 14.1. The van der Waals surface area contributed by atoms with E-state index in [1.165, 1.54) is 35.1 Å². The van der Waals surface area contributed by atoms with Crippen LogP contribution in [0.1, 0.15) is 35.3 Å². The third kappa shape index (κ3) is 4.97. The van der Waals surface area contributed by atoms with E-state index in [2.05, 4.69) is 15.6 Å². The highest BCUT2D eigenvalue weighted by Crippen LogP contribution is 2.32. The second-order valence-electron chi connectivity index (χ2n) is 7.95. The molecule has 1 aromatic heterocycles. The third-order valence-corrected chi connectivity index (χ3v) is 5.54. The molecule has 2 aromatic rings. The highest BCUT2D eigenvalue weighted by molar-refractivity contribution is 5.92. The monoisotopic (exact) mass is 436 g/mol. The van der Waals surface area contributed by atoms with Crippen molar-refractivity contribution < 1.29 is 22.8 Å². The van der Waals surface area contributed by atoms with Gasteiger partial charge in [-0.2, -0.15) is 0 Å². The lowest BCUT2D eigenvalue weighted by atomic mass is 10.2. The van der Waals surface area contributed by atoms with Gasteiger partial charge in [0.05, 0.1) is 25.3 Å². The van der Waals surface area contributed by atoms with E-state index in [1.807, 2.05) is 0 Å². The summed E-state index contributed by atoms with van der Waals surface area (Å²) in [6, 6.07) is 4.11. The lowest BCUT2D eigenvalue weighted by Crippen LogP contribution is -2.44. The van der Waals surface area contributed by atoms with Gasteiger partial charge >= 0.3 is 6.03 Å². The summed E-state index contributed by atoms with van der Waals surface area (Å²) in [5, 5.41) is 10.4. The molecule has 3 amide bonds. The molecule has 2 aliphatic rings. The van der Waals surface area contributed by atoms with Crippen LogP contribution in [0.3, 0.4) is 0 Å². The van der Waals surface area contributed by atoms with Gasteiger partial charge in [0, 0.05) is 26.1 Å². The SMILES string of the molecule is O=C(c1cn(C[C@@H]2CC(F)(F)CN2C(=O)NCc2ccc(F)cc2)nn1)N1CCCC1. The molecule has 1 aromatic carbocycles. The van der Waals surface area contributed by atoms with Gasteiger partial charge < -0.3 is 15.1 Å². The molecule has 2 aliphatic heterocycles. The van der Waals surface area contributed by atoms with E-state index >= 15 is 0 Å². The van der Waals surface area contributed by atoms with Crippen LogP contribution in [-0.4, -0.2) is 68.3 Å². The first kappa shape index (κ1) is 21.1. The van der Waals surface area contributed by atoms with Crippen LogP contribution in [0.25, 0.3) is 0 Å². The number of carbonyl (C=O) groups is 2. The molecule has 0 bridgehead atoms. The Bertz CT molecular complexity index is 943. The number of alkyl halides is 2. The molecule has 0 unspecified atom stereocenters. The highest BCUT2D eigenvalue weighted by atomic mass is 19.3. The van der Waals surface area contributed by atoms with Crippen LogP contribution in [0, 0.1) is 5.82 Å². The van der Waals surface area contributed by atoms with Gasteiger partial charge in [-0.05, 0) is 30.5 Å². The van der Waals surface area contributed by atoms with E-state index in [0.717, 1.165) is 17.7 Å². The number of urea groups is 1. The third-order valence-electron chi connectivity index (χ3n) is 5.54. The van der Waals surface area contributed by atoms with E-state index in [9.17, 15) is 22.8 Å². The van der Waals surface area contributed by atoms with Gasteiger partial charge in [-0.15, -0.1) is 5.10 Å². The van der Waals surface area contributed by atoms with E-state index in [0.29, 0.717) is 18.7 Å². The largest absolute Gasteiger partial charge is 0.337 e. The number of hydrogen-bond donors (Lipinski definition) is 1. The molecular formula is C20H23F3N6O2. The van der Waals surface area contributed by atoms with Crippen molar-refractivity contribution >= 4 is 11.9 Å². The second kappa shape index (κ2) is 8.56. The average Bonchev–Trinajstić information content (AvgIpc) is 3.47. The van der Waals surface area contributed by atoms with E-state index < -0.39 is 36.8 Å². The Morgan fingerprint density at radius 3 is 2.58 bits per heavy atom. The lowest BCUT2D eigenvalue weighted by Gasteiger charge is -2.24. The summed E-state index contributed by atoms with van der Waals surface area (Å²) in [6.45, 7) is 0.720. The van der Waals surface area contributed by atoms with Crippen molar-refractivity contribution in [1.82, 2.24) is 30.1 Å². The fourth-order valence-corrected chi connectivity index (χ4v) is 3.96. The van der Waals surface area contributed by atoms with Crippen LogP contribution in [0.15, 0.2) is 30.5 Å². The number of hydrogen-bond acceptors (Lipinski definition) is 4. The van der Waals surface area contributed by atoms with E-state index in [1.54, 1.807) is 4.90 Å². The van der Waals surface area contributed by atoms with Crippen molar-refractivity contribution in [3.63, 3.8) is 0 Å². The Kier molecular flexibility index (Phi) is 5.84. The quantitative estimate of drug-likeness (QED) is 0.780. The Morgan fingerprint density at radius 1 is 1.16 bits per heavy atom. The van der Waals surface area contributed by atoms with Crippen molar-refractivity contribution in [2.45, 2.75) is 44.3 Å². The first-order valence-corrected chi connectivity index (χ1v) is 10.2. The van der Waals surface area contributed by atoms with Gasteiger partial charge in [-0.1, -0.05) is 17.3 Å². The highest BCUT2D eigenvalue weighted by Gasteiger charge is 2.47. The topological polar surface area (TPSA) is 83.4 Å². The van der Waals surface area contributed by atoms with Crippen molar-refractivity contribution in [1.29, 1.82) is 0 Å². The molecular weight excluding hydrogens is 413 g/mol. The number of aromatic nitrogens is 3. The number of carbonyl (C=O) groups excluding carboxylic acids is 2. The Morgan fingerprint density at radius 2 is 1.87 bits per heavy atom. The summed E-state index contributed by atoms with van der Waals surface area (Å²) in [5.41, 5.74) is 0.817. The molecule has 2 saturated heterocycles. The molecule has 11 heteroatoms. The smallest absolute Gasteiger partial charge is 0.318 e. The first-order valence-electron chi connectivity index (χ1n) is 10.2. The average molecular weight is 436 g/mol. The second-order valence-corrected chi connectivity index (χ2v) is 7.95. The van der Waals surface area contributed by atoms with Gasteiger partial charge in [0.2, 0.25) is 0 Å². The minimum atomic E-state index is -3.02. The number of nitrogens with one attached hydrogen (secondary N) is 1. The molecule has 8 nitrogen and oxygen atoms in total. The molecule has 31 heavy (non-hydrogen) atoms. The van der Waals surface area contributed by atoms with Crippen LogP contribution in [0.4, 0.5) is 18.0 Å². The van der Waals surface area contributed by atoms with Gasteiger partial charge in [0.15, 0.2) is 5.69 Å². The Balaban J connectivity index is 1.39. The standard InChI is InChI=1S/C20H23F3N6O2/c21-15-5-3-14(4-6-15)10-24-19(31)29-13-20(22,23)9-16(29)11-28-12-17(25-26-28)18(30)27-7-1-2-8-27/h3-6,12,16H,1-2,7-11,13H2,(H,24,31)/t16-/m0/s1. The molecule has 0 saturated carbocycles.